The Kier molecular flexibility index (Phi) is 5.04. The zero-order valence-electron chi connectivity index (χ0n) is 8.44. The van der Waals surface area contributed by atoms with Gasteiger partial charge in [-0.1, -0.05) is 31.5 Å². The number of benzene rings is 1. The van der Waals surface area contributed by atoms with Crippen LogP contribution in [0.15, 0.2) is 30.3 Å². The lowest BCUT2D eigenvalue weighted by atomic mass is 10.2. The van der Waals surface area contributed by atoms with E-state index in [0.29, 0.717) is 0 Å². The molecule has 0 saturated carbocycles. The van der Waals surface area contributed by atoms with E-state index < -0.39 is 0 Å². The van der Waals surface area contributed by atoms with Crippen molar-refractivity contribution >= 4 is 5.69 Å². The maximum Gasteiger partial charge on any atom is 0.108 e. The van der Waals surface area contributed by atoms with Crippen molar-refractivity contribution in [1.29, 1.82) is 0 Å². The number of aliphatic hydroxyl groups is 1. The number of nitrogens with one attached hydrogen (secondary N) is 1. The highest BCUT2D eigenvalue weighted by molar-refractivity contribution is 5.39. The van der Waals surface area contributed by atoms with Gasteiger partial charge in [-0.3, -0.25) is 10.3 Å². The number of aliphatic hydroxyl groups excluding tert-OH is 1. The molecule has 1 rings (SSSR count). The molecule has 0 radical (unpaired) electrons. The molecule has 0 aliphatic rings. The van der Waals surface area contributed by atoms with Gasteiger partial charge >= 0.3 is 0 Å². The summed E-state index contributed by atoms with van der Waals surface area (Å²) in [6.45, 7) is 2.11. The van der Waals surface area contributed by atoms with E-state index in [4.69, 9.17) is 9.94 Å². The van der Waals surface area contributed by atoms with Gasteiger partial charge in [0.15, 0.2) is 0 Å². The first-order valence-corrected chi connectivity index (χ1v) is 4.94. The van der Waals surface area contributed by atoms with Crippen molar-refractivity contribution in [3.8, 4) is 0 Å². The fourth-order valence-electron chi connectivity index (χ4n) is 1.17. The Hall–Kier alpha value is -1.06. The molecule has 14 heavy (non-hydrogen) atoms. The largest absolute Gasteiger partial charge is 0.394 e. The normalized spacial score (nSPS) is 12.4. The molecule has 1 aromatic carbocycles. The SMILES string of the molecule is CCC[C@H](CO)ONc1ccccc1. The number of hydrogen-bond acceptors (Lipinski definition) is 3. The van der Waals surface area contributed by atoms with Gasteiger partial charge in [-0.05, 0) is 18.6 Å². The van der Waals surface area contributed by atoms with Crippen molar-refractivity contribution in [3.63, 3.8) is 0 Å². The minimum Gasteiger partial charge on any atom is -0.394 e. The first-order valence-electron chi connectivity index (χ1n) is 4.94. The van der Waals surface area contributed by atoms with Gasteiger partial charge < -0.3 is 5.11 Å². The molecule has 0 fully saturated rings. The summed E-state index contributed by atoms with van der Waals surface area (Å²) in [4.78, 5) is 5.32. The Morgan fingerprint density at radius 1 is 1.36 bits per heavy atom. The number of rotatable bonds is 6. The van der Waals surface area contributed by atoms with Crippen molar-refractivity contribution in [2.75, 3.05) is 12.1 Å². The molecule has 0 aliphatic carbocycles. The summed E-state index contributed by atoms with van der Waals surface area (Å²) in [5.41, 5.74) is 3.73. The highest BCUT2D eigenvalue weighted by Gasteiger charge is 2.05. The van der Waals surface area contributed by atoms with Crippen molar-refractivity contribution in [1.82, 2.24) is 0 Å². The van der Waals surface area contributed by atoms with Gasteiger partial charge in [0.2, 0.25) is 0 Å². The first kappa shape index (κ1) is 11.0. The Labute approximate surface area is 84.7 Å². The van der Waals surface area contributed by atoms with E-state index in [1.54, 1.807) is 0 Å². The van der Waals surface area contributed by atoms with E-state index in [1.165, 1.54) is 0 Å². The minimum absolute atomic E-state index is 0.0493. The smallest absolute Gasteiger partial charge is 0.108 e. The zero-order valence-corrected chi connectivity index (χ0v) is 8.44. The summed E-state index contributed by atoms with van der Waals surface area (Å²) in [6, 6.07) is 9.64. The van der Waals surface area contributed by atoms with E-state index in [9.17, 15) is 0 Å². The van der Waals surface area contributed by atoms with Crippen molar-refractivity contribution < 1.29 is 9.94 Å². The van der Waals surface area contributed by atoms with Gasteiger partial charge in [0.05, 0.1) is 12.3 Å². The van der Waals surface area contributed by atoms with Gasteiger partial charge in [-0.15, -0.1) is 0 Å². The van der Waals surface area contributed by atoms with Gasteiger partial charge in [0.1, 0.15) is 6.10 Å². The molecule has 3 nitrogen and oxygen atoms in total. The van der Waals surface area contributed by atoms with Crippen LogP contribution in [0.25, 0.3) is 0 Å². The molecule has 3 heteroatoms. The molecule has 0 bridgehead atoms. The van der Waals surface area contributed by atoms with Gasteiger partial charge in [0, 0.05) is 0 Å². The number of para-hydroxylation sites is 1. The molecule has 1 aromatic rings. The molecular formula is C11H17NO2. The third-order valence-corrected chi connectivity index (χ3v) is 1.93. The topological polar surface area (TPSA) is 41.5 Å². The maximum absolute atomic E-state index is 8.97. The molecule has 0 aromatic heterocycles. The summed E-state index contributed by atoms with van der Waals surface area (Å²) in [5.74, 6) is 0. The van der Waals surface area contributed by atoms with Gasteiger partial charge in [-0.2, -0.15) is 0 Å². The predicted molar refractivity (Wildman–Crippen MR) is 56.9 cm³/mol. The Bertz CT molecular complexity index is 238. The molecule has 0 spiro atoms. The molecule has 78 valence electrons. The molecule has 0 heterocycles. The van der Waals surface area contributed by atoms with Gasteiger partial charge in [0.25, 0.3) is 0 Å². The fourth-order valence-corrected chi connectivity index (χ4v) is 1.17. The summed E-state index contributed by atoms with van der Waals surface area (Å²) in [6.07, 6.45) is 1.73. The number of anilines is 1. The minimum atomic E-state index is -0.125. The third kappa shape index (κ3) is 3.77. The molecule has 1 atom stereocenters. The van der Waals surface area contributed by atoms with Crippen molar-refractivity contribution in [2.45, 2.75) is 25.9 Å². The van der Waals surface area contributed by atoms with Crippen LogP contribution in [0.5, 0.6) is 0 Å². The summed E-state index contributed by atoms with van der Waals surface area (Å²) in [7, 11) is 0. The average molecular weight is 195 g/mol. The monoisotopic (exact) mass is 195 g/mol. The third-order valence-electron chi connectivity index (χ3n) is 1.93. The fraction of sp³-hybridized carbons (Fsp3) is 0.455. The van der Waals surface area contributed by atoms with E-state index in [1.807, 2.05) is 30.3 Å². The van der Waals surface area contributed by atoms with Crippen LogP contribution >= 0.6 is 0 Å². The lowest BCUT2D eigenvalue weighted by Crippen LogP contribution is -2.20. The van der Waals surface area contributed by atoms with E-state index in [2.05, 4.69) is 12.4 Å². The van der Waals surface area contributed by atoms with Crippen LogP contribution in [-0.4, -0.2) is 17.8 Å². The van der Waals surface area contributed by atoms with Crippen LogP contribution in [0.3, 0.4) is 0 Å². The summed E-state index contributed by atoms with van der Waals surface area (Å²) in [5, 5.41) is 8.97. The second-order valence-corrected chi connectivity index (χ2v) is 3.18. The second-order valence-electron chi connectivity index (χ2n) is 3.18. The highest BCUT2D eigenvalue weighted by atomic mass is 16.7. The maximum atomic E-state index is 8.97. The average Bonchev–Trinajstić information content (AvgIpc) is 2.25. The van der Waals surface area contributed by atoms with Crippen molar-refractivity contribution in [2.24, 2.45) is 0 Å². The Balaban J connectivity index is 2.32. The van der Waals surface area contributed by atoms with Crippen molar-refractivity contribution in [3.05, 3.63) is 30.3 Å². The van der Waals surface area contributed by atoms with Crippen LogP contribution in [0.4, 0.5) is 5.69 Å². The lowest BCUT2D eigenvalue weighted by molar-refractivity contribution is 0.0410. The molecule has 0 unspecified atom stereocenters. The van der Waals surface area contributed by atoms with E-state index in [0.717, 1.165) is 18.5 Å². The molecule has 0 amide bonds. The number of hydrogen-bond donors (Lipinski definition) is 2. The summed E-state index contributed by atoms with van der Waals surface area (Å²) < 4.78 is 0. The van der Waals surface area contributed by atoms with Crippen LogP contribution in [0.1, 0.15) is 19.8 Å². The molecular weight excluding hydrogens is 178 g/mol. The predicted octanol–water partition coefficient (Wildman–Crippen LogP) is 2.19. The van der Waals surface area contributed by atoms with Crippen LogP contribution in [-0.2, 0) is 4.84 Å². The lowest BCUT2D eigenvalue weighted by Gasteiger charge is -2.15. The standard InChI is InChI=1S/C11H17NO2/c1-2-6-11(9-13)14-12-10-7-4-3-5-8-10/h3-5,7-8,11-13H,2,6,9H2,1H3/t11-/m1/s1. The second kappa shape index (κ2) is 6.40. The van der Waals surface area contributed by atoms with E-state index >= 15 is 0 Å². The molecule has 0 aliphatic heterocycles. The van der Waals surface area contributed by atoms with Crippen LogP contribution in [0.2, 0.25) is 0 Å². The first-order chi connectivity index (χ1) is 6.86. The Morgan fingerprint density at radius 2 is 2.07 bits per heavy atom. The molecule has 0 saturated heterocycles. The summed E-state index contributed by atoms with van der Waals surface area (Å²) >= 11 is 0. The zero-order chi connectivity index (χ0) is 10.2. The quantitative estimate of drug-likeness (QED) is 0.684. The van der Waals surface area contributed by atoms with Crippen LogP contribution in [0, 0.1) is 0 Å². The van der Waals surface area contributed by atoms with Crippen LogP contribution < -0.4 is 5.48 Å². The van der Waals surface area contributed by atoms with E-state index in [-0.39, 0.29) is 12.7 Å². The Morgan fingerprint density at radius 3 is 2.64 bits per heavy atom. The molecule has 2 N–H and O–H groups in total. The van der Waals surface area contributed by atoms with Gasteiger partial charge in [-0.25, -0.2) is 0 Å². The highest BCUT2D eigenvalue weighted by Crippen LogP contribution is 2.07.